The molecule has 0 bridgehead atoms. The molecule has 2 aromatic carbocycles. The van der Waals surface area contributed by atoms with Gasteiger partial charge in [0.15, 0.2) is 17.6 Å². The van der Waals surface area contributed by atoms with Crippen molar-refractivity contribution in [2.45, 2.75) is 36.7 Å². The van der Waals surface area contributed by atoms with Gasteiger partial charge in [0, 0.05) is 25.7 Å². The largest absolute Gasteiger partial charge is 0.486 e. The molecular formula is C23H27ClN2O5S. The van der Waals surface area contributed by atoms with E-state index in [9.17, 15) is 13.2 Å². The van der Waals surface area contributed by atoms with Crippen LogP contribution in [0.4, 0.5) is 0 Å². The first-order valence-corrected chi connectivity index (χ1v) is 12.6. The monoisotopic (exact) mass is 478 g/mol. The summed E-state index contributed by atoms with van der Waals surface area (Å²) in [6.07, 6.45) is 3.35. The van der Waals surface area contributed by atoms with Gasteiger partial charge in [0.1, 0.15) is 11.5 Å². The lowest BCUT2D eigenvalue weighted by molar-refractivity contribution is 0.0521. The molecule has 4 rings (SSSR count). The summed E-state index contributed by atoms with van der Waals surface area (Å²) in [4.78, 5) is 14.5. The van der Waals surface area contributed by atoms with E-state index in [1.54, 1.807) is 13.1 Å². The predicted octanol–water partition coefficient (Wildman–Crippen LogP) is 3.82. The van der Waals surface area contributed by atoms with E-state index in [1.807, 2.05) is 24.3 Å². The number of halogens is 1. The van der Waals surface area contributed by atoms with Crippen molar-refractivity contribution in [3.8, 4) is 11.5 Å². The molecule has 0 aliphatic carbocycles. The number of carbonyl (C=O) groups excluding carboxylic acids is 1. The van der Waals surface area contributed by atoms with Crippen LogP contribution in [0.15, 0.2) is 47.4 Å². The van der Waals surface area contributed by atoms with Gasteiger partial charge >= 0.3 is 0 Å². The van der Waals surface area contributed by atoms with Gasteiger partial charge in [-0.25, -0.2) is 8.42 Å². The highest BCUT2D eigenvalue weighted by atomic mass is 35.5. The molecule has 0 spiro atoms. The highest BCUT2D eigenvalue weighted by molar-refractivity contribution is 7.89. The lowest BCUT2D eigenvalue weighted by atomic mass is 10.2. The fourth-order valence-corrected chi connectivity index (χ4v) is 6.03. The van der Waals surface area contributed by atoms with Crippen molar-refractivity contribution in [1.29, 1.82) is 0 Å². The van der Waals surface area contributed by atoms with Crippen molar-refractivity contribution < 1.29 is 22.7 Å². The minimum atomic E-state index is -3.77. The number of fused-ring (bicyclic) bond motifs is 1. The van der Waals surface area contributed by atoms with Gasteiger partial charge in [-0.3, -0.25) is 4.79 Å². The van der Waals surface area contributed by atoms with Gasteiger partial charge in [-0.1, -0.05) is 36.6 Å². The molecule has 1 atom stereocenters. The third-order valence-corrected chi connectivity index (χ3v) is 8.13. The van der Waals surface area contributed by atoms with Gasteiger partial charge < -0.3 is 14.4 Å². The van der Waals surface area contributed by atoms with E-state index in [1.165, 1.54) is 21.3 Å². The van der Waals surface area contributed by atoms with Crippen LogP contribution in [-0.4, -0.2) is 62.9 Å². The van der Waals surface area contributed by atoms with Crippen molar-refractivity contribution in [3.63, 3.8) is 0 Å². The Hall–Kier alpha value is -2.29. The Labute approximate surface area is 193 Å². The number of ether oxygens (including phenoxy) is 2. The molecule has 0 unspecified atom stereocenters. The van der Waals surface area contributed by atoms with Crippen LogP contribution in [0, 0.1) is 0 Å². The zero-order chi connectivity index (χ0) is 22.7. The quantitative estimate of drug-likeness (QED) is 0.653. The Kier molecular flexibility index (Phi) is 6.93. The molecule has 32 heavy (non-hydrogen) atoms. The number of para-hydroxylation sites is 2. The van der Waals surface area contributed by atoms with E-state index in [2.05, 4.69) is 0 Å². The summed E-state index contributed by atoms with van der Waals surface area (Å²) in [6.45, 7) is 1.56. The van der Waals surface area contributed by atoms with Crippen molar-refractivity contribution >= 4 is 27.5 Å². The van der Waals surface area contributed by atoms with Crippen LogP contribution in [-0.2, 0) is 10.0 Å². The van der Waals surface area contributed by atoms with Gasteiger partial charge in [-0.05, 0) is 43.2 Å². The van der Waals surface area contributed by atoms with Gasteiger partial charge in [0.05, 0.1) is 11.6 Å². The molecule has 0 aromatic heterocycles. The summed E-state index contributed by atoms with van der Waals surface area (Å²) >= 11 is 6.26. The van der Waals surface area contributed by atoms with Crippen LogP contribution in [0.1, 0.15) is 36.0 Å². The van der Waals surface area contributed by atoms with Crippen molar-refractivity contribution in [1.82, 2.24) is 9.21 Å². The lowest BCUT2D eigenvalue weighted by Gasteiger charge is -2.29. The molecule has 2 heterocycles. The minimum Gasteiger partial charge on any atom is -0.486 e. The number of rotatable bonds is 5. The summed E-state index contributed by atoms with van der Waals surface area (Å²) in [5, 5.41) is 0.120. The maximum atomic E-state index is 13.2. The second-order valence-electron chi connectivity index (χ2n) is 8.15. The van der Waals surface area contributed by atoms with E-state index < -0.39 is 10.0 Å². The summed E-state index contributed by atoms with van der Waals surface area (Å²) in [7, 11) is -2.12. The highest BCUT2D eigenvalue weighted by Gasteiger charge is 2.29. The van der Waals surface area contributed by atoms with Crippen LogP contribution in [0.3, 0.4) is 0 Å². The standard InChI is InChI=1S/C23H27ClN2O5S/c1-25(15-18-16-30-20-8-4-5-9-21(20)31-18)23(27)17-10-11-19(24)22(14-17)32(28,29)26-12-6-2-3-7-13-26/h4-5,8-11,14,18H,2-3,6-7,12-13,15-16H2,1H3/t18-/m0/s1. The van der Waals surface area contributed by atoms with Crippen LogP contribution >= 0.6 is 11.6 Å². The molecule has 0 N–H and O–H groups in total. The first kappa shape index (κ1) is 22.9. The number of carbonyl (C=O) groups is 1. The number of hydrogen-bond donors (Lipinski definition) is 0. The number of hydrogen-bond acceptors (Lipinski definition) is 5. The average molecular weight is 479 g/mol. The van der Waals surface area contributed by atoms with E-state index in [4.69, 9.17) is 21.1 Å². The SMILES string of the molecule is CN(C[C@H]1COc2ccccc2O1)C(=O)c1ccc(Cl)c(S(=O)(=O)N2CCCCCC2)c1. The first-order valence-electron chi connectivity index (χ1n) is 10.8. The fourth-order valence-electron chi connectivity index (χ4n) is 4.02. The zero-order valence-corrected chi connectivity index (χ0v) is 19.6. The molecule has 2 aliphatic rings. The number of likely N-dealkylation sites (N-methyl/N-ethyl adjacent to an activating group) is 1. The van der Waals surface area contributed by atoms with Crippen LogP contribution < -0.4 is 9.47 Å². The smallest absolute Gasteiger partial charge is 0.253 e. The first-order chi connectivity index (χ1) is 15.4. The van der Waals surface area contributed by atoms with Gasteiger partial charge in [-0.15, -0.1) is 0 Å². The third kappa shape index (κ3) is 4.87. The number of nitrogens with zero attached hydrogens (tertiary/aromatic N) is 2. The topological polar surface area (TPSA) is 76.1 Å². The Morgan fingerprint density at radius 1 is 1.09 bits per heavy atom. The normalized spacial score (nSPS) is 19.2. The van der Waals surface area contributed by atoms with Crippen LogP contribution in [0.5, 0.6) is 11.5 Å². The Morgan fingerprint density at radius 2 is 1.78 bits per heavy atom. The van der Waals surface area contributed by atoms with Gasteiger partial charge in [0.25, 0.3) is 5.91 Å². The molecule has 9 heteroatoms. The maximum absolute atomic E-state index is 13.2. The molecule has 1 saturated heterocycles. The van der Waals surface area contributed by atoms with E-state index in [-0.39, 0.29) is 27.5 Å². The molecule has 2 aliphatic heterocycles. The summed E-state index contributed by atoms with van der Waals surface area (Å²) < 4.78 is 39.6. The van der Waals surface area contributed by atoms with Crippen molar-refractivity contribution in [2.75, 3.05) is 33.3 Å². The van der Waals surface area contributed by atoms with E-state index in [0.29, 0.717) is 37.7 Å². The van der Waals surface area contributed by atoms with Gasteiger partial charge in [-0.2, -0.15) is 4.31 Å². The number of amides is 1. The summed E-state index contributed by atoms with van der Waals surface area (Å²) in [6, 6.07) is 11.8. The zero-order valence-electron chi connectivity index (χ0n) is 18.0. The molecule has 2 aromatic rings. The maximum Gasteiger partial charge on any atom is 0.253 e. The predicted molar refractivity (Wildman–Crippen MR) is 122 cm³/mol. The van der Waals surface area contributed by atoms with Crippen LogP contribution in [0.2, 0.25) is 5.02 Å². The molecule has 1 fully saturated rings. The van der Waals surface area contributed by atoms with E-state index in [0.717, 1.165) is 25.7 Å². The second kappa shape index (κ2) is 9.68. The molecule has 172 valence electrons. The van der Waals surface area contributed by atoms with Crippen molar-refractivity contribution in [3.05, 3.63) is 53.1 Å². The Balaban J connectivity index is 1.49. The molecule has 7 nitrogen and oxygen atoms in total. The minimum absolute atomic E-state index is 0.0218. The second-order valence-corrected chi connectivity index (χ2v) is 10.5. The Bertz CT molecular complexity index is 1080. The third-order valence-electron chi connectivity index (χ3n) is 5.75. The van der Waals surface area contributed by atoms with Crippen molar-refractivity contribution in [2.24, 2.45) is 0 Å². The fraction of sp³-hybridized carbons (Fsp3) is 0.435. The molecular weight excluding hydrogens is 452 g/mol. The number of sulfonamides is 1. The molecule has 1 amide bonds. The molecule has 0 saturated carbocycles. The van der Waals surface area contributed by atoms with E-state index >= 15 is 0 Å². The lowest BCUT2D eigenvalue weighted by Crippen LogP contribution is -2.41. The summed E-state index contributed by atoms with van der Waals surface area (Å²) in [5.41, 5.74) is 0.266. The summed E-state index contributed by atoms with van der Waals surface area (Å²) in [5.74, 6) is 1.01. The van der Waals surface area contributed by atoms with Gasteiger partial charge in [0.2, 0.25) is 10.0 Å². The average Bonchev–Trinajstić information content (AvgIpc) is 3.09. The number of benzene rings is 2. The van der Waals surface area contributed by atoms with Crippen LogP contribution in [0.25, 0.3) is 0 Å². The Morgan fingerprint density at radius 3 is 2.50 bits per heavy atom. The molecule has 0 radical (unpaired) electrons. The highest BCUT2D eigenvalue weighted by Crippen LogP contribution is 2.31.